The maximum absolute atomic E-state index is 12.4. The summed E-state index contributed by atoms with van der Waals surface area (Å²) in [7, 11) is 1.47. The molecule has 0 bridgehead atoms. The molecule has 7 heteroatoms. The van der Waals surface area contributed by atoms with Gasteiger partial charge in [-0.05, 0) is 36.6 Å². The quantitative estimate of drug-likeness (QED) is 0.256. The Morgan fingerprint density at radius 3 is 1.78 bits per heavy atom. The molecule has 2 rings (SSSR count). The van der Waals surface area contributed by atoms with Gasteiger partial charge in [-0.3, -0.25) is 4.79 Å². The Hall–Kier alpha value is -2.54. The summed E-state index contributed by atoms with van der Waals surface area (Å²) in [4.78, 5) is 24.8. The minimum absolute atomic E-state index is 0.00928. The van der Waals surface area contributed by atoms with E-state index in [0.29, 0.717) is 24.3 Å². The van der Waals surface area contributed by atoms with Crippen LogP contribution in [0.5, 0.6) is 11.5 Å². The van der Waals surface area contributed by atoms with Crippen LogP contribution in [0.25, 0.3) is 6.08 Å². The van der Waals surface area contributed by atoms with Gasteiger partial charge in [0.05, 0.1) is 7.11 Å². The van der Waals surface area contributed by atoms with Crippen LogP contribution in [0.1, 0.15) is 153 Å². The van der Waals surface area contributed by atoms with Crippen LogP contribution in [-0.4, -0.2) is 50.1 Å². The maximum atomic E-state index is 12.4. The van der Waals surface area contributed by atoms with E-state index in [4.69, 9.17) is 18.9 Å². The Bertz CT molecular complexity index is 929. The van der Waals surface area contributed by atoms with Crippen LogP contribution in [0.3, 0.4) is 0 Å². The van der Waals surface area contributed by atoms with Gasteiger partial charge in [-0.15, -0.1) is 0 Å². The number of cyclic esters (lactones) is 1. The molecular weight excluding hydrogens is 568 g/mol. The lowest BCUT2D eigenvalue weighted by Gasteiger charge is -2.18. The van der Waals surface area contributed by atoms with Crippen molar-refractivity contribution in [2.45, 2.75) is 154 Å². The average Bonchev–Trinajstić information content (AvgIpc) is 3.04. The Morgan fingerprint density at radius 2 is 1.27 bits per heavy atom. The van der Waals surface area contributed by atoms with E-state index in [1.165, 1.54) is 135 Å². The molecule has 1 aromatic rings. The summed E-state index contributed by atoms with van der Waals surface area (Å²) in [6.07, 6.45) is 30.8. The van der Waals surface area contributed by atoms with Gasteiger partial charge in [0.15, 0.2) is 11.5 Å². The highest BCUT2D eigenvalue weighted by molar-refractivity contribution is 5.87. The van der Waals surface area contributed by atoms with Gasteiger partial charge in [-0.2, -0.15) is 0 Å². The second kappa shape index (κ2) is 26.7. The predicted octanol–water partition coefficient (Wildman–Crippen LogP) is 9.87. The summed E-state index contributed by atoms with van der Waals surface area (Å²) in [6, 6.07) is 4.82. The van der Waals surface area contributed by atoms with Crippen LogP contribution < -0.4 is 4.74 Å². The van der Waals surface area contributed by atoms with Gasteiger partial charge in [0, 0.05) is 19.1 Å². The van der Waals surface area contributed by atoms with E-state index in [1.54, 1.807) is 18.2 Å². The van der Waals surface area contributed by atoms with E-state index in [-0.39, 0.29) is 24.9 Å². The molecule has 45 heavy (non-hydrogen) atoms. The number of carbonyl (C=O) groups excluding carboxylic acids is 2. The van der Waals surface area contributed by atoms with Gasteiger partial charge < -0.3 is 24.1 Å². The summed E-state index contributed by atoms with van der Waals surface area (Å²) >= 11 is 0. The SMILES string of the molecule is COc1cc(/C=C/C(=O)OC[C@@H]2COC(=O)CCCCCCCCCCCCCCCCCCCCCCCCO2)ccc1O. The molecule has 1 heterocycles. The van der Waals surface area contributed by atoms with E-state index in [2.05, 4.69) is 0 Å². The first-order valence-electron chi connectivity index (χ1n) is 18.1. The molecule has 0 unspecified atom stereocenters. The summed E-state index contributed by atoms with van der Waals surface area (Å²) in [5.41, 5.74) is 0.693. The molecule has 0 spiro atoms. The number of phenols is 1. The summed E-state index contributed by atoms with van der Waals surface area (Å²) in [5.74, 6) is -0.383. The van der Waals surface area contributed by atoms with Crippen molar-refractivity contribution in [1.82, 2.24) is 0 Å². The summed E-state index contributed by atoms with van der Waals surface area (Å²) in [6.45, 7) is 0.628. The zero-order valence-electron chi connectivity index (χ0n) is 28.2. The van der Waals surface area contributed by atoms with Crippen LogP contribution in [0.2, 0.25) is 0 Å². The maximum Gasteiger partial charge on any atom is 0.330 e. The smallest absolute Gasteiger partial charge is 0.330 e. The molecule has 1 saturated heterocycles. The number of benzene rings is 1. The van der Waals surface area contributed by atoms with Gasteiger partial charge in [-0.1, -0.05) is 134 Å². The van der Waals surface area contributed by atoms with Crippen molar-refractivity contribution in [3.05, 3.63) is 29.8 Å². The second-order valence-electron chi connectivity index (χ2n) is 12.6. The molecule has 0 saturated carbocycles. The molecule has 1 fully saturated rings. The molecular formula is C38H62O7. The monoisotopic (exact) mass is 630 g/mol. The van der Waals surface area contributed by atoms with Gasteiger partial charge in [0.25, 0.3) is 0 Å². The fraction of sp³-hybridized carbons (Fsp3) is 0.737. The van der Waals surface area contributed by atoms with Crippen molar-refractivity contribution < 1.29 is 33.6 Å². The van der Waals surface area contributed by atoms with Gasteiger partial charge in [-0.25, -0.2) is 4.79 Å². The Labute approximate surface area is 273 Å². The van der Waals surface area contributed by atoms with E-state index in [1.807, 2.05) is 0 Å². The standard InChI is InChI=1S/C38H62O7/c1-42-36-30-33(25-27-35(36)39)26-28-38(41)45-32-34-31-44-37(40)24-22-20-18-16-14-12-10-8-6-4-2-3-5-7-9-11-13-15-17-19-21-23-29-43-34/h25-28,30,34,39H,2-24,29,31-32H2,1H3/b28-26+/t34-/m0/s1. The molecule has 1 aliphatic rings. The third kappa shape index (κ3) is 21.0. The van der Waals surface area contributed by atoms with E-state index in [0.717, 1.165) is 25.7 Å². The highest BCUT2D eigenvalue weighted by Gasteiger charge is 2.15. The highest BCUT2D eigenvalue weighted by Crippen LogP contribution is 2.26. The van der Waals surface area contributed by atoms with Gasteiger partial charge in [0.1, 0.15) is 19.3 Å². The molecule has 1 aliphatic heterocycles. The Balaban J connectivity index is 1.77. The zero-order chi connectivity index (χ0) is 32.2. The van der Waals surface area contributed by atoms with Crippen LogP contribution in [0, 0.1) is 0 Å². The second-order valence-corrected chi connectivity index (χ2v) is 12.6. The molecule has 7 nitrogen and oxygen atoms in total. The fourth-order valence-electron chi connectivity index (χ4n) is 5.74. The Kier molecular flexibility index (Phi) is 22.9. The van der Waals surface area contributed by atoms with Crippen molar-refractivity contribution in [2.24, 2.45) is 0 Å². The molecule has 0 aliphatic carbocycles. The molecule has 0 aromatic heterocycles. The van der Waals surface area contributed by atoms with Gasteiger partial charge in [0.2, 0.25) is 0 Å². The van der Waals surface area contributed by atoms with Crippen molar-refractivity contribution >= 4 is 18.0 Å². The normalized spacial score (nSPS) is 21.1. The van der Waals surface area contributed by atoms with Crippen molar-refractivity contribution in [2.75, 3.05) is 26.9 Å². The number of carbonyl (C=O) groups is 2. The number of ether oxygens (including phenoxy) is 4. The molecule has 256 valence electrons. The number of esters is 2. The summed E-state index contributed by atoms with van der Waals surface area (Å²) in [5, 5.41) is 9.76. The zero-order valence-corrected chi connectivity index (χ0v) is 28.2. The van der Waals surface area contributed by atoms with Crippen LogP contribution in [-0.2, 0) is 23.8 Å². The lowest BCUT2D eigenvalue weighted by Crippen LogP contribution is -2.28. The van der Waals surface area contributed by atoms with Crippen molar-refractivity contribution in [1.29, 1.82) is 0 Å². The topological polar surface area (TPSA) is 91.3 Å². The molecule has 0 radical (unpaired) electrons. The van der Waals surface area contributed by atoms with Crippen LogP contribution in [0.15, 0.2) is 24.3 Å². The number of aromatic hydroxyl groups is 1. The van der Waals surface area contributed by atoms with E-state index < -0.39 is 12.1 Å². The molecule has 1 N–H and O–H groups in total. The average molecular weight is 631 g/mol. The first kappa shape index (κ1) is 38.6. The number of phenolic OH excluding ortho intramolecular Hbond substituents is 1. The first-order chi connectivity index (χ1) is 22.1. The number of hydrogen-bond donors (Lipinski definition) is 1. The first-order valence-corrected chi connectivity index (χ1v) is 18.1. The van der Waals surface area contributed by atoms with Crippen LogP contribution in [0.4, 0.5) is 0 Å². The number of hydrogen-bond acceptors (Lipinski definition) is 7. The van der Waals surface area contributed by atoms with Crippen LogP contribution >= 0.6 is 0 Å². The van der Waals surface area contributed by atoms with Crippen molar-refractivity contribution in [3.8, 4) is 11.5 Å². The minimum atomic E-state index is -0.519. The molecule has 1 aromatic carbocycles. The fourth-order valence-corrected chi connectivity index (χ4v) is 5.74. The highest BCUT2D eigenvalue weighted by atomic mass is 16.6. The van der Waals surface area contributed by atoms with E-state index in [9.17, 15) is 14.7 Å². The summed E-state index contributed by atoms with van der Waals surface area (Å²) < 4.78 is 22.1. The Morgan fingerprint density at radius 1 is 0.778 bits per heavy atom. The number of methoxy groups -OCH3 is 1. The van der Waals surface area contributed by atoms with Crippen molar-refractivity contribution in [3.63, 3.8) is 0 Å². The minimum Gasteiger partial charge on any atom is -0.504 e. The lowest BCUT2D eigenvalue weighted by atomic mass is 10.0. The number of rotatable bonds is 5. The molecule has 1 atom stereocenters. The van der Waals surface area contributed by atoms with E-state index >= 15 is 0 Å². The third-order valence-corrected chi connectivity index (χ3v) is 8.59. The third-order valence-electron chi connectivity index (χ3n) is 8.59. The molecule has 0 amide bonds. The largest absolute Gasteiger partial charge is 0.504 e. The predicted molar refractivity (Wildman–Crippen MR) is 182 cm³/mol. The lowest BCUT2D eigenvalue weighted by molar-refractivity contribution is -0.153. The van der Waals surface area contributed by atoms with Gasteiger partial charge >= 0.3 is 11.9 Å².